The Bertz CT molecular complexity index is 268. The molecule has 0 radical (unpaired) electrons. The lowest BCUT2D eigenvalue weighted by Gasteiger charge is -2.30. The minimum Gasteiger partial charge on any atom is -0.444 e. The van der Waals surface area contributed by atoms with Crippen LogP contribution >= 0.6 is 0 Å². The fraction of sp³-hybridized carbons (Fsp3) is 0.929. The van der Waals surface area contributed by atoms with Crippen molar-refractivity contribution < 1.29 is 14.6 Å². The number of aliphatic hydroxyl groups is 1. The molecule has 0 spiro atoms. The second kappa shape index (κ2) is 7.70. The highest BCUT2D eigenvalue weighted by Gasteiger charge is 2.24. The van der Waals surface area contributed by atoms with Crippen molar-refractivity contribution in [2.75, 3.05) is 13.2 Å². The number of carbonyl (C=O) groups excluding carboxylic acids is 1. The van der Waals surface area contributed by atoms with Gasteiger partial charge < -0.3 is 20.5 Å². The molecule has 1 aliphatic carbocycles. The summed E-state index contributed by atoms with van der Waals surface area (Å²) in [5, 5.41) is 15.1. The van der Waals surface area contributed by atoms with Crippen LogP contribution in [0.1, 0.15) is 52.9 Å². The minimum atomic E-state index is -0.437. The first-order valence-corrected chi connectivity index (χ1v) is 7.24. The van der Waals surface area contributed by atoms with Crippen molar-refractivity contribution in [3.05, 3.63) is 0 Å². The van der Waals surface area contributed by atoms with Crippen LogP contribution in [0.3, 0.4) is 0 Å². The molecule has 5 nitrogen and oxygen atoms in total. The summed E-state index contributed by atoms with van der Waals surface area (Å²) < 4.78 is 5.25. The molecular formula is C14H28N2O3. The molecule has 0 aromatic heterocycles. The summed E-state index contributed by atoms with van der Waals surface area (Å²) >= 11 is 0. The number of hydrogen-bond acceptors (Lipinski definition) is 4. The van der Waals surface area contributed by atoms with Gasteiger partial charge in [0.1, 0.15) is 5.60 Å². The second-order valence-corrected chi connectivity index (χ2v) is 6.23. The summed E-state index contributed by atoms with van der Waals surface area (Å²) in [6.07, 6.45) is 4.57. The summed E-state index contributed by atoms with van der Waals surface area (Å²) in [5.74, 6) is 0. The molecular weight excluding hydrogens is 244 g/mol. The van der Waals surface area contributed by atoms with Crippen molar-refractivity contribution in [1.82, 2.24) is 10.6 Å². The normalized spacial score (nSPS) is 24.0. The lowest BCUT2D eigenvalue weighted by atomic mass is 9.91. The maximum atomic E-state index is 11.6. The van der Waals surface area contributed by atoms with Gasteiger partial charge in [0.05, 0.1) is 0 Å². The lowest BCUT2D eigenvalue weighted by molar-refractivity contribution is 0.0489. The molecule has 0 bridgehead atoms. The van der Waals surface area contributed by atoms with Gasteiger partial charge in [0, 0.05) is 18.7 Å². The van der Waals surface area contributed by atoms with E-state index in [0.717, 1.165) is 38.6 Å². The fourth-order valence-electron chi connectivity index (χ4n) is 2.30. The molecule has 3 N–H and O–H groups in total. The first kappa shape index (κ1) is 16.2. The van der Waals surface area contributed by atoms with Crippen molar-refractivity contribution in [3.8, 4) is 0 Å². The number of carbonyl (C=O) groups is 1. The van der Waals surface area contributed by atoms with E-state index < -0.39 is 5.60 Å². The Hall–Kier alpha value is -0.810. The van der Waals surface area contributed by atoms with Gasteiger partial charge in [-0.2, -0.15) is 0 Å². The van der Waals surface area contributed by atoms with Gasteiger partial charge in [0.15, 0.2) is 0 Å². The fourth-order valence-corrected chi connectivity index (χ4v) is 2.30. The number of rotatable bonds is 5. The average molecular weight is 272 g/mol. The molecule has 0 heterocycles. The Morgan fingerprint density at radius 2 is 1.79 bits per heavy atom. The first-order valence-electron chi connectivity index (χ1n) is 7.24. The molecule has 1 aliphatic rings. The molecule has 1 saturated carbocycles. The lowest BCUT2D eigenvalue weighted by Crippen LogP contribution is -2.44. The number of alkyl carbamates (subject to hydrolysis) is 1. The summed E-state index contributed by atoms with van der Waals surface area (Å²) in [5.41, 5.74) is -0.437. The number of aliphatic hydroxyl groups excluding tert-OH is 1. The SMILES string of the molecule is CC(C)(C)OC(=O)NC1CCC(NCCCO)CC1. The number of ether oxygens (including phenoxy) is 1. The van der Waals surface area contributed by atoms with Crippen molar-refractivity contribution in [2.45, 2.75) is 70.6 Å². The highest BCUT2D eigenvalue weighted by atomic mass is 16.6. The Labute approximate surface area is 116 Å². The molecule has 5 heteroatoms. The maximum Gasteiger partial charge on any atom is 0.407 e. The smallest absolute Gasteiger partial charge is 0.407 e. The molecule has 112 valence electrons. The summed E-state index contributed by atoms with van der Waals surface area (Å²) in [6.45, 7) is 6.71. The largest absolute Gasteiger partial charge is 0.444 e. The van der Waals surface area contributed by atoms with Crippen LogP contribution in [0.25, 0.3) is 0 Å². The third-order valence-corrected chi connectivity index (χ3v) is 3.22. The molecule has 1 amide bonds. The molecule has 19 heavy (non-hydrogen) atoms. The van der Waals surface area contributed by atoms with Gasteiger partial charge in [0.25, 0.3) is 0 Å². The first-order chi connectivity index (χ1) is 8.90. The van der Waals surface area contributed by atoms with E-state index in [9.17, 15) is 4.79 Å². The van der Waals surface area contributed by atoms with Gasteiger partial charge in [-0.1, -0.05) is 0 Å². The van der Waals surface area contributed by atoms with Gasteiger partial charge in [0.2, 0.25) is 0 Å². The number of amides is 1. The summed E-state index contributed by atoms with van der Waals surface area (Å²) in [6, 6.07) is 0.744. The highest BCUT2D eigenvalue weighted by Crippen LogP contribution is 2.19. The third-order valence-electron chi connectivity index (χ3n) is 3.22. The highest BCUT2D eigenvalue weighted by molar-refractivity contribution is 5.68. The Kier molecular flexibility index (Phi) is 6.58. The molecule has 1 rings (SSSR count). The van der Waals surface area contributed by atoms with Gasteiger partial charge in [-0.05, 0) is 59.4 Å². The zero-order chi connectivity index (χ0) is 14.3. The van der Waals surface area contributed by atoms with Crippen LogP contribution in [0.4, 0.5) is 4.79 Å². The van der Waals surface area contributed by atoms with Crippen LogP contribution in [0.15, 0.2) is 0 Å². The Balaban J connectivity index is 2.17. The van der Waals surface area contributed by atoms with Crippen LogP contribution in [-0.2, 0) is 4.74 Å². The molecule has 1 fully saturated rings. The van der Waals surface area contributed by atoms with Gasteiger partial charge in [-0.25, -0.2) is 4.79 Å². The van der Waals surface area contributed by atoms with E-state index >= 15 is 0 Å². The zero-order valence-electron chi connectivity index (χ0n) is 12.4. The molecule has 0 aliphatic heterocycles. The Morgan fingerprint density at radius 1 is 1.21 bits per heavy atom. The van der Waals surface area contributed by atoms with Crippen molar-refractivity contribution in [3.63, 3.8) is 0 Å². The summed E-state index contributed by atoms with van der Waals surface area (Å²) in [7, 11) is 0. The van der Waals surface area contributed by atoms with Crippen molar-refractivity contribution >= 4 is 6.09 Å². The van der Waals surface area contributed by atoms with E-state index in [-0.39, 0.29) is 18.7 Å². The maximum absolute atomic E-state index is 11.6. The van der Waals surface area contributed by atoms with Gasteiger partial charge >= 0.3 is 6.09 Å². The van der Waals surface area contributed by atoms with Crippen LogP contribution < -0.4 is 10.6 Å². The van der Waals surface area contributed by atoms with Crippen LogP contribution in [0, 0.1) is 0 Å². The van der Waals surface area contributed by atoms with E-state index in [1.165, 1.54) is 0 Å². The quantitative estimate of drug-likeness (QED) is 0.667. The molecule has 0 atom stereocenters. The van der Waals surface area contributed by atoms with E-state index in [2.05, 4.69) is 10.6 Å². The molecule has 0 saturated heterocycles. The molecule has 0 unspecified atom stereocenters. The van der Waals surface area contributed by atoms with Crippen molar-refractivity contribution in [1.29, 1.82) is 0 Å². The Morgan fingerprint density at radius 3 is 2.32 bits per heavy atom. The van der Waals surface area contributed by atoms with E-state index in [4.69, 9.17) is 9.84 Å². The number of nitrogens with one attached hydrogen (secondary N) is 2. The molecule has 0 aromatic carbocycles. The molecule has 0 aromatic rings. The van der Waals surface area contributed by atoms with Crippen LogP contribution in [0.2, 0.25) is 0 Å². The standard InChI is InChI=1S/C14H28N2O3/c1-14(2,3)19-13(18)16-12-7-5-11(6-8-12)15-9-4-10-17/h11-12,15,17H,4-10H2,1-3H3,(H,16,18). The van der Waals surface area contributed by atoms with E-state index in [0.29, 0.717) is 6.04 Å². The van der Waals surface area contributed by atoms with Crippen LogP contribution in [0.5, 0.6) is 0 Å². The van der Waals surface area contributed by atoms with Gasteiger partial charge in [-0.15, -0.1) is 0 Å². The zero-order valence-corrected chi connectivity index (χ0v) is 12.4. The number of hydrogen-bond donors (Lipinski definition) is 3. The second-order valence-electron chi connectivity index (χ2n) is 6.23. The van der Waals surface area contributed by atoms with Crippen molar-refractivity contribution in [2.24, 2.45) is 0 Å². The van der Waals surface area contributed by atoms with Crippen LogP contribution in [-0.4, -0.2) is 42.0 Å². The van der Waals surface area contributed by atoms with E-state index in [1.807, 2.05) is 20.8 Å². The third kappa shape index (κ3) is 7.38. The topological polar surface area (TPSA) is 70.6 Å². The van der Waals surface area contributed by atoms with Gasteiger partial charge in [-0.3, -0.25) is 0 Å². The van der Waals surface area contributed by atoms with E-state index in [1.54, 1.807) is 0 Å². The predicted molar refractivity (Wildman–Crippen MR) is 75.1 cm³/mol. The summed E-state index contributed by atoms with van der Waals surface area (Å²) in [4.78, 5) is 11.6. The predicted octanol–water partition coefficient (Wildman–Crippen LogP) is 1.79. The monoisotopic (exact) mass is 272 g/mol. The minimum absolute atomic E-state index is 0.228. The average Bonchev–Trinajstić information content (AvgIpc) is 2.29.